The van der Waals surface area contributed by atoms with Gasteiger partial charge in [-0.05, 0) is 0 Å². The number of benzene rings is 1. The van der Waals surface area contributed by atoms with E-state index < -0.39 is 10.9 Å². The predicted octanol–water partition coefficient (Wildman–Crippen LogP) is 1.54. The predicted molar refractivity (Wildman–Crippen MR) is 56.4 cm³/mol. The minimum Gasteiger partial charge on any atom is -0.465 e. The van der Waals surface area contributed by atoms with Gasteiger partial charge in [-0.1, -0.05) is 0 Å². The molecule has 0 unspecified atom stereocenters. The number of nitrogens with zero attached hydrogens (tertiary/aromatic N) is 2. The Morgan fingerprint density at radius 2 is 2.25 bits per heavy atom. The number of hydrogen-bond acceptors (Lipinski definition) is 6. The number of nitro groups is 1. The van der Waals surface area contributed by atoms with E-state index in [0.717, 1.165) is 19.2 Å². The Hall–Kier alpha value is -2.07. The average Bonchev–Trinajstić information content (AvgIpc) is 2.28. The first-order valence-electron chi connectivity index (χ1n) is 4.01. The second-order valence-corrected chi connectivity index (χ2v) is 3.20. The third kappa shape index (κ3) is 2.12. The Morgan fingerprint density at radius 3 is 2.69 bits per heavy atom. The molecule has 1 rings (SSSR count). The third-order valence-electron chi connectivity index (χ3n) is 1.83. The number of ether oxygens (including phenoxy) is 1. The van der Waals surface area contributed by atoms with E-state index in [0.29, 0.717) is 0 Å². The summed E-state index contributed by atoms with van der Waals surface area (Å²) in [5, 5.41) is 19.3. The van der Waals surface area contributed by atoms with Crippen molar-refractivity contribution in [1.29, 1.82) is 5.26 Å². The summed E-state index contributed by atoms with van der Waals surface area (Å²) in [5.41, 5.74) is -0.496. The molecule has 0 N–H and O–H groups in total. The molecule has 1 aromatic rings. The van der Waals surface area contributed by atoms with Crippen LogP contribution in [0.25, 0.3) is 0 Å². The van der Waals surface area contributed by atoms with Gasteiger partial charge in [0.2, 0.25) is 0 Å². The number of non-ortho nitro benzene ring substituents is 1. The Kier molecular flexibility index (Phi) is 3.48. The van der Waals surface area contributed by atoms with Crippen LogP contribution in [0.2, 0.25) is 0 Å². The molecule has 0 fully saturated rings. The molecule has 1 aromatic carbocycles. The number of hydrogen-bond donors (Lipinski definition) is 1. The maximum Gasteiger partial charge on any atom is 0.339 e. The van der Waals surface area contributed by atoms with Gasteiger partial charge in [-0.15, -0.1) is 12.6 Å². The molecule has 82 valence electrons. The molecule has 0 radical (unpaired) electrons. The number of thiol groups is 1. The zero-order chi connectivity index (χ0) is 12.3. The summed E-state index contributed by atoms with van der Waals surface area (Å²) >= 11 is 3.95. The molecule has 0 spiro atoms. The Balaban J connectivity index is 3.49. The van der Waals surface area contributed by atoms with Gasteiger partial charge in [0.25, 0.3) is 5.69 Å². The molecule has 16 heavy (non-hydrogen) atoms. The summed E-state index contributed by atoms with van der Waals surface area (Å²) < 4.78 is 4.43. The Morgan fingerprint density at radius 1 is 1.62 bits per heavy atom. The molecule has 0 heterocycles. The van der Waals surface area contributed by atoms with Gasteiger partial charge in [-0.25, -0.2) is 4.79 Å². The van der Waals surface area contributed by atoms with Crippen molar-refractivity contribution in [3.8, 4) is 6.07 Å². The first-order valence-corrected chi connectivity index (χ1v) is 4.45. The third-order valence-corrected chi connectivity index (χ3v) is 2.31. The monoisotopic (exact) mass is 238 g/mol. The zero-order valence-corrected chi connectivity index (χ0v) is 9.02. The van der Waals surface area contributed by atoms with E-state index in [1.807, 2.05) is 0 Å². The van der Waals surface area contributed by atoms with Crippen molar-refractivity contribution in [2.45, 2.75) is 4.90 Å². The fraction of sp³-hybridized carbons (Fsp3) is 0.111. The zero-order valence-electron chi connectivity index (χ0n) is 8.13. The number of nitriles is 1. The van der Waals surface area contributed by atoms with Crippen LogP contribution in [0.1, 0.15) is 15.9 Å². The van der Waals surface area contributed by atoms with E-state index >= 15 is 0 Å². The second kappa shape index (κ2) is 4.63. The van der Waals surface area contributed by atoms with Crippen molar-refractivity contribution in [3.05, 3.63) is 33.4 Å². The minimum absolute atomic E-state index is 0.0436. The normalized spacial score (nSPS) is 9.31. The summed E-state index contributed by atoms with van der Waals surface area (Å²) in [4.78, 5) is 21.2. The van der Waals surface area contributed by atoms with Crippen LogP contribution in [0, 0.1) is 21.4 Å². The van der Waals surface area contributed by atoms with Gasteiger partial charge in [0.15, 0.2) is 0 Å². The first-order chi connectivity index (χ1) is 7.51. The molecule has 0 amide bonds. The van der Waals surface area contributed by atoms with Crippen LogP contribution in [0.3, 0.4) is 0 Å². The maximum absolute atomic E-state index is 11.3. The largest absolute Gasteiger partial charge is 0.465 e. The highest BCUT2D eigenvalue weighted by Gasteiger charge is 2.19. The smallest absolute Gasteiger partial charge is 0.339 e. The number of methoxy groups -OCH3 is 1. The summed E-state index contributed by atoms with van der Waals surface area (Å²) in [6, 6.07) is 3.79. The number of carbonyl (C=O) groups excluding carboxylic acids is 1. The highest BCUT2D eigenvalue weighted by atomic mass is 32.1. The topological polar surface area (TPSA) is 93.2 Å². The van der Waals surface area contributed by atoms with Crippen molar-refractivity contribution in [3.63, 3.8) is 0 Å². The van der Waals surface area contributed by atoms with Crippen molar-refractivity contribution in [1.82, 2.24) is 0 Å². The SMILES string of the molecule is COC(=O)c1cc([N+](=O)[O-])cc(C#N)c1S. The molecular weight excluding hydrogens is 232 g/mol. The lowest BCUT2D eigenvalue weighted by atomic mass is 10.1. The maximum atomic E-state index is 11.3. The van der Waals surface area contributed by atoms with Crippen LogP contribution < -0.4 is 0 Å². The standard InChI is InChI=1S/C9H6N2O4S/c1-15-9(12)7-3-6(11(13)14)2-5(4-10)8(7)16/h2-3,16H,1H3. The highest BCUT2D eigenvalue weighted by Crippen LogP contribution is 2.25. The average molecular weight is 238 g/mol. The molecule has 0 aromatic heterocycles. The van der Waals surface area contributed by atoms with E-state index in [9.17, 15) is 14.9 Å². The van der Waals surface area contributed by atoms with Crippen molar-refractivity contribution >= 4 is 24.3 Å². The lowest BCUT2D eigenvalue weighted by Gasteiger charge is -2.04. The summed E-state index contributed by atoms with van der Waals surface area (Å²) in [6.45, 7) is 0. The van der Waals surface area contributed by atoms with Gasteiger partial charge in [0.05, 0.1) is 23.2 Å². The number of rotatable bonds is 2. The lowest BCUT2D eigenvalue weighted by Crippen LogP contribution is -2.05. The molecular formula is C9H6N2O4S. The van der Waals surface area contributed by atoms with E-state index in [1.54, 1.807) is 6.07 Å². The Labute approximate surface area is 96.0 Å². The number of nitro benzene ring substituents is 1. The molecule has 0 aliphatic carbocycles. The van der Waals surface area contributed by atoms with Crippen molar-refractivity contribution in [2.24, 2.45) is 0 Å². The fourth-order valence-electron chi connectivity index (χ4n) is 1.08. The van der Waals surface area contributed by atoms with Crippen LogP contribution in [-0.2, 0) is 4.74 Å². The van der Waals surface area contributed by atoms with Crippen molar-refractivity contribution in [2.75, 3.05) is 7.11 Å². The molecule has 0 saturated carbocycles. The van der Waals surface area contributed by atoms with Gasteiger partial charge >= 0.3 is 5.97 Å². The van der Waals surface area contributed by atoms with Gasteiger partial charge in [0.1, 0.15) is 6.07 Å². The van der Waals surface area contributed by atoms with Gasteiger partial charge < -0.3 is 4.74 Å². The Bertz CT molecular complexity index is 507. The summed E-state index contributed by atoms with van der Waals surface area (Å²) in [6.07, 6.45) is 0. The molecule has 0 aliphatic rings. The molecule has 0 aliphatic heterocycles. The number of carbonyl (C=O) groups is 1. The lowest BCUT2D eigenvalue weighted by molar-refractivity contribution is -0.385. The molecule has 0 atom stereocenters. The van der Waals surface area contributed by atoms with E-state index in [4.69, 9.17) is 5.26 Å². The molecule has 7 heteroatoms. The number of esters is 1. The molecule has 0 saturated heterocycles. The molecule has 0 bridgehead atoms. The van der Waals surface area contributed by atoms with Crippen molar-refractivity contribution < 1.29 is 14.5 Å². The quantitative estimate of drug-likeness (QED) is 0.365. The summed E-state index contributed by atoms with van der Waals surface area (Å²) in [5.74, 6) is -0.773. The summed E-state index contributed by atoms with van der Waals surface area (Å²) in [7, 11) is 1.14. The van der Waals surface area contributed by atoms with E-state index in [2.05, 4.69) is 17.4 Å². The van der Waals surface area contributed by atoms with Crippen LogP contribution in [0.5, 0.6) is 0 Å². The fourth-order valence-corrected chi connectivity index (χ4v) is 1.35. The highest BCUT2D eigenvalue weighted by molar-refractivity contribution is 7.80. The van der Waals surface area contributed by atoms with Crippen LogP contribution in [0.4, 0.5) is 5.69 Å². The van der Waals surface area contributed by atoms with Crippen LogP contribution >= 0.6 is 12.6 Å². The molecule has 6 nitrogen and oxygen atoms in total. The van der Waals surface area contributed by atoms with E-state index in [-0.39, 0.29) is 21.7 Å². The van der Waals surface area contributed by atoms with Gasteiger partial charge in [0, 0.05) is 17.0 Å². The van der Waals surface area contributed by atoms with Gasteiger partial charge in [-0.3, -0.25) is 10.1 Å². The minimum atomic E-state index is -0.773. The van der Waals surface area contributed by atoms with Gasteiger partial charge in [-0.2, -0.15) is 5.26 Å². The first kappa shape index (κ1) is 12.0. The second-order valence-electron chi connectivity index (χ2n) is 2.75. The van der Waals surface area contributed by atoms with Crippen LogP contribution in [0.15, 0.2) is 17.0 Å². The van der Waals surface area contributed by atoms with Crippen LogP contribution in [-0.4, -0.2) is 18.0 Å². The van der Waals surface area contributed by atoms with E-state index in [1.165, 1.54) is 0 Å².